The van der Waals surface area contributed by atoms with Crippen LogP contribution in [0.4, 0.5) is 8.78 Å². The molecule has 1 fully saturated rings. The van der Waals surface area contributed by atoms with Crippen molar-refractivity contribution >= 4 is 0 Å². The quantitative estimate of drug-likeness (QED) is 0.502. The number of allylic oxidation sites excluding steroid dienone is 2. The lowest BCUT2D eigenvalue weighted by molar-refractivity contribution is 0.108. The molecule has 0 aliphatic heterocycles. The number of rotatable bonds is 0. The van der Waals surface area contributed by atoms with Crippen molar-refractivity contribution in [3.05, 3.63) is 11.4 Å². The largest absolute Gasteiger partial charge is 0.244 e. The lowest BCUT2D eigenvalue weighted by Crippen LogP contribution is -2.24. The van der Waals surface area contributed by atoms with Crippen molar-refractivity contribution in [2.75, 3.05) is 0 Å². The Morgan fingerprint density at radius 2 is 1.61 bits per heavy atom. The zero-order valence-electron chi connectivity index (χ0n) is 12.4. The highest BCUT2D eigenvalue weighted by Gasteiger charge is 2.28. The highest BCUT2D eigenvalue weighted by atomic mass is 19.1. The summed E-state index contributed by atoms with van der Waals surface area (Å²) in [5.74, 6) is 1.45. The van der Waals surface area contributed by atoms with E-state index in [4.69, 9.17) is 0 Å². The Labute approximate surface area is 111 Å². The zero-order valence-corrected chi connectivity index (χ0v) is 12.4. The van der Waals surface area contributed by atoms with Crippen molar-refractivity contribution < 1.29 is 8.78 Å². The molecule has 1 unspecified atom stereocenters. The van der Waals surface area contributed by atoms with Gasteiger partial charge in [-0.05, 0) is 69.8 Å². The fraction of sp³-hybridized carbons (Fsp3) is 0.875. The summed E-state index contributed by atoms with van der Waals surface area (Å²) in [7, 11) is 0. The standard InChI is InChI=1S/C8H15F.C8H13F/c1-7-3-5-8(2,9)6-4-7;1-6-3-4-7(2)8(9)5-6/h7H,3-6H2,1-2H3;6H,3-5H2,1-2H3. The molecule has 2 aliphatic carbocycles. The molecule has 18 heavy (non-hydrogen) atoms. The van der Waals surface area contributed by atoms with E-state index in [1.165, 1.54) is 6.42 Å². The Kier molecular flexibility index (Phi) is 5.81. The van der Waals surface area contributed by atoms with Gasteiger partial charge in [-0.2, -0.15) is 0 Å². The van der Waals surface area contributed by atoms with Crippen molar-refractivity contribution in [3.63, 3.8) is 0 Å². The smallest absolute Gasteiger partial charge is 0.108 e. The minimum absolute atomic E-state index is 0.133. The molecule has 0 radical (unpaired) electrons. The molecule has 1 saturated carbocycles. The molecule has 2 rings (SSSR count). The Bertz CT molecular complexity index is 281. The van der Waals surface area contributed by atoms with Gasteiger partial charge in [0.25, 0.3) is 0 Å². The van der Waals surface area contributed by atoms with Crippen LogP contribution in [0.25, 0.3) is 0 Å². The molecular formula is C16H28F2. The summed E-state index contributed by atoms with van der Waals surface area (Å²) < 4.78 is 25.8. The van der Waals surface area contributed by atoms with Crippen LogP contribution >= 0.6 is 0 Å². The summed E-state index contributed by atoms with van der Waals surface area (Å²) in [4.78, 5) is 0. The molecule has 1 atom stereocenters. The maximum Gasteiger partial charge on any atom is 0.108 e. The first kappa shape index (κ1) is 15.7. The summed E-state index contributed by atoms with van der Waals surface area (Å²) in [5, 5.41) is 0. The van der Waals surface area contributed by atoms with Crippen molar-refractivity contribution in [1.82, 2.24) is 0 Å². The Balaban J connectivity index is 0.000000180. The Morgan fingerprint density at radius 3 is 2.00 bits per heavy atom. The number of alkyl halides is 1. The van der Waals surface area contributed by atoms with E-state index in [1.807, 2.05) is 6.92 Å². The van der Waals surface area contributed by atoms with E-state index in [1.54, 1.807) is 6.92 Å². The molecule has 0 saturated heterocycles. The molecule has 2 heteroatoms. The van der Waals surface area contributed by atoms with Crippen LogP contribution in [0.2, 0.25) is 0 Å². The van der Waals surface area contributed by atoms with E-state index < -0.39 is 5.67 Å². The molecule has 0 nitrogen and oxygen atoms in total. The van der Waals surface area contributed by atoms with Gasteiger partial charge in [0.15, 0.2) is 0 Å². The second kappa shape index (κ2) is 6.68. The molecule has 0 aromatic heterocycles. The lowest BCUT2D eigenvalue weighted by Gasteiger charge is -2.28. The maximum atomic E-state index is 13.0. The summed E-state index contributed by atoms with van der Waals surface area (Å²) in [6, 6.07) is 0. The summed E-state index contributed by atoms with van der Waals surface area (Å²) in [6.07, 6.45) is 6.50. The van der Waals surface area contributed by atoms with E-state index >= 15 is 0 Å². The van der Waals surface area contributed by atoms with E-state index in [0.717, 1.165) is 43.6 Å². The molecule has 0 heterocycles. The second-order valence-electron chi connectivity index (χ2n) is 6.63. The summed E-state index contributed by atoms with van der Waals surface area (Å²) >= 11 is 0. The fourth-order valence-corrected chi connectivity index (χ4v) is 2.54. The first-order valence-electron chi connectivity index (χ1n) is 7.33. The normalized spacial score (nSPS) is 37.0. The summed E-state index contributed by atoms with van der Waals surface area (Å²) in [6.45, 7) is 7.92. The number of halogens is 2. The van der Waals surface area contributed by atoms with Gasteiger partial charge < -0.3 is 0 Å². The number of hydrogen-bond acceptors (Lipinski definition) is 0. The third-order valence-electron chi connectivity index (χ3n) is 4.32. The van der Waals surface area contributed by atoms with Gasteiger partial charge in [0.05, 0.1) is 5.83 Å². The molecule has 106 valence electrons. The first-order valence-corrected chi connectivity index (χ1v) is 7.33. The van der Waals surface area contributed by atoms with Crippen LogP contribution in [0.15, 0.2) is 11.4 Å². The third kappa shape index (κ3) is 5.49. The highest BCUT2D eigenvalue weighted by molar-refractivity contribution is 5.08. The van der Waals surface area contributed by atoms with Gasteiger partial charge in [-0.15, -0.1) is 0 Å². The molecule has 0 bridgehead atoms. The van der Waals surface area contributed by atoms with E-state index in [-0.39, 0.29) is 5.83 Å². The lowest BCUT2D eigenvalue weighted by atomic mass is 9.82. The van der Waals surface area contributed by atoms with Gasteiger partial charge in [-0.25, -0.2) is 8.78 Å². The molecule has 0 aromatic rings. The Hall–Kier alpha value is -0.400. The maximum absolute atomic E-state index is 13.0. The van der Waals surface area contributed by atoms with Crippen molar-refractivity contribution in [3.8, 4) is 0 Å². The van der Waals surface area contributed by atoms with E-state index in [9.17, 15) is 8.78 Å². The van der Waals surface area contributed by atoms with Gasteiger partial charge in [0.2, 0.25) is 0 Å². The molecular weight excluding hydrogens is 230 g/mol. The SMILES string of the molecule is CC1=C(F)CC(C)CC1.CC1CCC(C)(F)CC1. The van der Waals surface area contributed by atoms with Crippen LogP contribution in [0.5, 0.6) is 0 Å². The topological polar surface area (TPSA) is 0 Å². The van der Waals surface area contributed by atoms with E-state index in [0.29, 0.717) is 12.3 Å². The fourth-order valence-electron chi connectivity index (χ4n) is 2.54. The number of hydrogen-bond donors (Lipinski definition) is 0. The summed E-state index contributed by atoms with van der Waals surface area (Å²) in [5.41, 5.74) is 0.125. The van der Waals surface area contributed by atoms with Gasteiger partial charge >= 0.3 is 0 Å². The minimum Gasteiger partial charge on any atom is -0.244 e. The monoisotopic (exact) mass is 258 g/mol. The average molecular weight is 258 g/mol. The second-order valence-corrected chi connectivity index (χ2v) is 6.63. The van der Waals surface area contributed by atoms with Crippen LogP contribution in [-0.2, 0) is 0 Å². The average Bonchev–Trinajstić information content (AvgIpc) is 2.29. The van der Waals surface area contributed by atoms with Crippen molar-refractivity contribution in [2.45, 2.75) is 78.3 Å². The van der Waals surface area contributed by atoms with Gasteiger partial charge in [-0.1, -0.05) is 13.8 Å². The minimum atomic E-state index is -0.841. The zero-order chi connectivity index (χ0) is 13.8. The predicted molar refractivity (Wildman–Crippen MR) is 74.0 cm³/mol. The van der Waals surface area contributed by atoms with Crippen LogP contribution in [0.3, 0.4) is 0 Å². The van der Waals surface area contributed by atoms with Crippen molar-refractivity contribution in [1.29, 1.82) is 0 Å². The predicted octanol–water partition coefficient (Wildman–Crippen LogP) is 5.97. The molecule has 2 aliphatic rings. The van der Waals surface area contributed by atoms with Crippen LogP contribution < -0.4 is 0 Å². The molecule has 0 spiro atoms. The Morgan fingerprint density at radius 1 is 1.06 bits per heavy atom. The van der Waals surface area contributed by atoms with Crippen LogP contribution in [0.1, 0.15) is 72.6 Å². The van der Waals surface area contributed by atoms with Crippen LogP contribution in [0, 0.1) is 11.8 Å². The van der Waals surface area contributed by atoms with E-state index in [2.05, 4.69) is 13.8 Å². The van der Waals surface area contributed by atoms with Crippen molar-refractivity contribution in [2.24, 2.45) is 11.8 Å². The highest BCUT2D eigenvalue weighted by Crippen LogP contribution is 2.34. The molecule has 0 aromatic carbocycles. The van der Waals surface area contributed by atoms with Gasteiger partial charge in [0.1, 0.15) is 5.67 Å². The van der Waals surface area contributed by atoms with Gasteiger partial charge in [0, 0.05) is 6.42 Å². The molecule has 0 amide bonds. The molecule has 0 N–H and O–H groups in total. The first-order chi connectivity index (χ1) is 8.30. The van der Waals surface area contributed by atoms with Crippen LogP contribution in [-0.4, -0.2) is 5.67 Å². The third-order valence-corrected chi connectivity index (χ3v) is 4.32. The van der Waals surface area contributed by atoms with Gasteiger partial charge in [-0.3, -0.25) is 0 Å².